The summed E-state index contributed by atoms with van der Waals surface area (Å²) in [6.45, 7) is 6.55. The smallest absolute Gasteiger partial charge is 0.0862 e. The van der Waals surface area contributed by atoms with Gasteiger partial charge in [-0.3, -0.25) is 0 Å². The number of fused-ring (bicyclic) bond motifs is 1. The summed E-state index contributed by atoms with van der Waals surface area (Å²) in [5.74, 6) is 0. The lowest BCUT2D eigenvalue weighted by molar-refractivity contribution is 0.737. The lowest BCUT2D eigenvalue weighted by atomic mass is 9.67. The quantitative estimate of drug-likeness (QED) is 0.822. The minimum Gasteiger partial charge on any atom is -0.358 e. The molecule has 0 amide bonds. The van der Waals surface area contributed by atoms with E-state index in [1.165, 1.54) is 28.0 Å². The Hall–Kier alpha value is -2.54. The summed E-state index contributed by atoms with van der Waals surface area (Å²) in [7, 11) is 0. The number of aryl methyl sites for hydroxylation is 1. The van der Waals surface area contributed by atoms with Crippen LogP contribution < -0.4 is 5.32 Å². The highest BCUT2D eigenvalue weighted by molar-refractivity contribution is 5.67. The van der Waals surface area contributed by atoms with Crippen molar-refractivity contribution < 1.29 is 0 Å². The van der Waals surface area contributed by atoms with Crippen molar-refractivity contribution in [2.75, 3.05) is 0 Å². The van der Waals surface area contributed by atoms with Crippen molar-refractivity contribution >= 4 is 0 Å². The summed E-state index contributed by atoms with van der Waals surface area (Å²) in [6, 6.07) is 19.6. The number of hydrogen-bond acceptors (Lipinski definition) is 1. The van der Waals surface area contributed by atoms with Gasteiger partial charge in [-0.2, -0.15) is 0 Å². The summed E-state index contributed by atoms with van der Waals surface area (Å²) in [5.41, 5.74) is 7.17. The number of benzene rings is 2. The molecule has 1 unspecified atom stereocenters. The summed E-state index contributed by atoms with van der Waals surface area (Å²) >= 11 is 0. The lowest BCUT2D eigenvalue weighted by Crippen LogP contribution is -2.29. The molecule has 0 radical (unpaired) electrons. The zero-order valence-electron chi connectivity index (χ0n) is 13.5. The third-order valence-corrected chi connectivity index (χ3v) is 4.99. The molecule has 1 heteroatoms. The van der Waals surface area contributed by atoms with Crippen LogP contribution in [0.3, 0.4) is 0 Å². The first kappa shape index (κ1) is 14.1. The molecule has 1 aliphatic heterocycles. The molecule has 0 bridgehead atoms. The van der Waals surface area contributed by atoms with Crippen LogP contribution in [0.4, 0.5) is 0 Å². The first-order valence-corrected chi connectivity index (χ1v) is 8.23. The molecule has 1 fully saturated rings. The van der Waals surface area contributed by atoms with Crippen LogP contribution in [-0.4, -0.2) is 0 Å². The van der Waals surface area contributed by atoms with Gasteiger partial charge in [0.25, 0.3) is 0 Å². The van der Waals surface area contributed by atoms with Crippen molar-refractivity contribution in [2.45, 2.75) is 25.2 Å². The van der Waals surface area contributed by atoms with Crippen LogP contribution >= 0.6 is 0 Å². The largest absolute Gasteiger partial charge is 0.358 e. The molecule has 0 spiro atoms. The first-order valence-electron chi connectivity index (χ1n) is 8.23. The SMILES string of the molecule is C=C1NC2=CCCC=C2C1(c1ccccc1)c1ccc(C)cc1. The molecular weight excluding hydrogens is 278 g/mol. The molecule has 1 heterocycles. The maximum Gasteiger partial charge on any atom is 0.0862 e. The molecule has 2 aliphatic rings. The highest BCUT2D eigenvalue weighted by Crippen LogP contribution is 2.51. The van der Waals surface area contributed by atoms with Crippen LogP contribution in [0.5, 0.6) is 0 Å². The van der Waals surface area contributed by atoms with E-state index < -0.39 is 0 Å². The van der Waals surface area contributed by atoms with Crippen LogP contribution in [0, 0.1) is 6.92 Å². The average molecular weight is 299 g/mol. The second-order valence-electron chi connectivity index (χ2n) is 6.40. The zero-order chi connectivity index (χ0) is 15.9. The van der Waals surface area contributed by atoms with E-state index in [0.717, 1.165) is 18.5 Å². The Bertz CT molecular complexity index is 809. The zero-order valence-corrected chi connectivity index (χ0v) is 13.5. The fourth-order valence-corrected chi connectivity index (χ4v) is 3.89. The predicted octanol–water partition coefficient (Wildman–Crippen LogP) is 5.00. The van der Waals surface area contributed by atoms with E-state index in [0.29, 0.717) is 0 Å². The fraction of sp³-hybridized carbons (Fsp3) is 0.182. The highest BCUT2D eigenvalue weighted by Gasteiger charge is 2.47. The van der Waals surface area contributed by atoms with Crippen molar-refractivity contribution in [1.82, 2.24) is 5.32 Å². The predicted molar refractivity (Wildman–Crippen MR) is 96.1 cm³/mol. The highest BCUT2D eigenvalue weighted by atomic mass is 15.0. The van der Waals surface area contributed by atoms with Gasteiger partial charge in [0.2, 0.25) is 0 Å². The molecule has 2 aromatic carbocycles. The monoisotopic (exact) mass is 299 g/mol. The summed E-state index contributed by atoms with van der Waals surface area (Å²) in [5, 5.41) is 3.56. The normalized spacial score (nSPS) is 22.9. The Morgan fingerprint density at radius 3 is 2.26 bits per heavy atom. The second kappa shape index (κ2) is 5.27. The van der Waals surface area contributed by atoms with Crippen molar-refractivity contribution in [3.8, 4) is 0 Å². The van der Waals surface area contributed by atoms with Crippen molar-refractivity contribution in [3.63, 3.8) is 0 Å². The molecule has 1 N–H and O–H groups in total. The van der Waals surface area contributed by atoms with Gasteiger partial charge in [-0.15, -0.1) is 0 Å². The van der Waals surface area contributed by atoms with E-state index in [4.69, 9.17) is 0 Å². The van der Waals surface area contributed by atoms with E-state index >= 15 is 0 Å². The van der Waals surface area contributed by atoms with Crippen LogP contribution in [0.2, 0.25) is 0 Å². The van der Waals surface area contributed by atoms with Gasteiger partial charge >= 0.3 is 0 Å². The minimum atomic E-state index is -0.290. The summed E-state index contributed by atoms with van der Waals surface area (Å²) in [4.78, 5) is 0. The van der Waals surface area contributed by atoms with Gasteiger partial charge in [-0.25, -0.2) is 0 Å². The van der Waals surface area contributed by atoms with Crippen molar-refractivity contribution in [3.05, 3.63) is 107 Å². The average Bonchev–Trinajstić information content (AvgIpc) is 2.89. The minimum absolute atomic E-state index is 0.290. The molecule has 1 atom stereocenters. The fourth-order valence-electron chi connectivity index (χ4n) is 3.89. The Morgan fingerprint density at radius 2 is 1.52 bits per heavy atom. The number of rotatable bonds is 2. The molecule has 23 heavy (non-hydrogen) atoms. The van der Waals surface area contributed by atoms with E-state index in [-0.39, 0.29) is 5.41 Å². The van der Waals surface area contributed by atoms with E-state index in [9.17, 15) is 0 Å². The number of nitrogens with one attached hydrogen (secondary N) is 1. The Labute approximate surface area is 138 Å². The van der Waals surface area contributed by atoms with Gasteiger partial charge in [0, 0.05) is 11.4 Å². The maximum absolute atomic E-state index is 4.41. The van der Waals surface area contributed by atoms with Gasteiger partial charge in [0.15, 0.2) is 0 Å². The first-order chi connectivity index (χ1) is 11.2. The van der Waals surface area contributed by atoms with Crippen molar-refractivity contribution in [1.29, 1.82) is 0 Å². The van der Waals surface area contributed by atoms with Gasteiger partial charge < -0.3 is 5.32 Å². The van der Waals surface area contributed by atoms with Crippen LogP contribution in [-0.2, 0) is 5.41 Å². The molecular formula is C22H21N. The van der Waals surface area contributed by atoms with Gasteiger partial charge in [-0.05, 0) is 36.5 Å². The Morgan fingerprint density at radius 1 is 0.870 bits per heavy atom. The van der Waals surface area contributed by atoms with Crippen molar-refractivity contribution in [2.24, 2.45) is 0 Å². The Kier molecular flexibility index (Phi) is 3.23. The standard InChI is InChI=1S/C22H21N/c1-16-12-14-19(15-13-16)22(18-8-4-3-5-9-18)17(2)23-21-11-7-6-10-20(21)22/h3-5,8-15,23H,2,6-7H2,1H3. The third-order valence-electron chi connectivity index (χ3n) is 4.99. The third kappa shape index (κ3) is 2.00. The summed E-state index contributed by atoms with van der Waals surface area (Å²) < 4.78 is 0. The number of allylic oxidation sites excluding steroid dienone is 4. The van der Waals surface area contributed by atoms with E-state index in [1.54, 1.807) is 0 Å². The molecule has 4 rings (SSSR count). The summed E-state index contributed by atoms with van der Waals surface area (Å²) in [6.07, 6.45) is 6.87. The molecule has 1 aliphatic carbocycles. The Balaban J connectivity index is 2.02. The van der Waals surface area contributed by atoms with Crippen LogP contribution in [0.25, 0.3) is 0 Å². The van der Waals surface area contributed by atoms with Gasteiger partial charge in [0.05, 0.1) is 5.41 Å². The van der Waals surface area contributed by atoms with E-state index in [2.05, 4.69) is 85.6 Å². The second-order valence-corrected chi connectivity index (χ2v) is 6.40. The van der Waals surface area contributed by atoms with Gasteiger partial charge in [-0.1, -0.05) is 78.9 Å². The van der Waals surface area contributed by atoms with Crippen LogP contribution in [0.1, 0.15) is 29.5 Å². The van der Waals surface area contributed by atoms with E-state index in [1.807, 2.05) is 0 Å². The maximum atomic E-state index is 4.41. The molecule has 1 saturated heterocycles. The lowest BCUT2D eigenvalue weighted by Gasteiger charge is -2.33. The molecule has 0 saturated carbocycles. The molecule has 114 valence electrons. The molecule has 1 nitrogen and oxygen atoms in total. The number of hydrogen-bond donors (Lipinski definition) is 1. The molecule has 0 aromatic heterocycles. The molecule has 2 aromatic rings. The topological polar surface area (TPSA) is 12.0 Å². The van der Waals surface area contributed by atoms with Gasteiger partial charge in [0.1, 0.15) is 0 Å². The van der Waals surface area contributed by atoms with Crippen LogP contribution in [0.15, 0.2) is 90.3 Å².